The lowest BCUT2D eigenvalue weighted by molar-refractivity contribution is 0.908. The molecule has 0 spiro atoms. The molecule has 0 saturated carbocycles. The molecule has 0 amide bonds. The summed E-state index contributed by atoms with van der Waals surface area (Å²) in [4.78, 5) is 1.29. The highest BCUT2D eigenvalue weighted by Gasteiger charge is 2.08. The summed E-state index contributed by atoms with van der Waals surface area (Å²) in [5, 5.41) is 6.09. The minimum atomic E-state index is 0.251. The molecule has 0 aliphatic heterocycles. The van der Waals surface area contributed by atoms with E-state index in [1.807, 2.05) is 18.2 Å². The second-order valence-electron chi connectivity index (χ2n) is 3.62. The fourth-order valence-electron chi connectivity index (χ4n) is 1.49. The molecule has 1 aromatic heterocycles. The molecular weight excluding hydrogens is 240 g/mol. The number of nitrogens with two attached hydrogens (primary N) is 1. The molecule has 1 aromatic carbocycles. The number of rotatable bonds is 3. The Hall–Kier alpha value is -1.19. The van der Waals surface area contributed by atoms with E-state index >= 15 is 0 Å². The lowest BCUT2D eigenvalue weighted by atomic mass is 10.2. The van der Waals surface area contributed by atoms with Crippen LogP contribution in [0.2, 0.25) is 5.02 Å². The molecule has 1 heterocycles. The summed E-state index contributed by atoms with van der Waals surface area (Å²) in [5.74, 6) is 0. The van der Waals surface area contributed by atoms with Gasteiger partial charge in [-0.15, -0.1) is 11.3 Å². The first-order valence-electron chi connectivity index (χ1n) is 5.02. The number of hydrogen-bond acceptors (Lipinski definition) is 3. The predicted octanol–water partition coefficient (Wildman–Crippen LogP) is 4.16. The zero-order valence-corrected chi connectivity index (χ0v) is 10.5. The molecule has 16 heavy (non-hydrogen) atoms. The van der Waals surface area contributed by atoms with Crippen LogP contribution in [0.1, 0.15) is 17.8 Å². The summed E-state index contributed by atoms with van der Waals surface area (Å²) in [6, 6.07) is 9.90. The second kappa shape index (κ2) is 4.76. The highest BCUT2D eigenvalue weighted by atomic mass is 35.5. The topological polar surface area (TPSA) is 38.0 Å². The zero-order chi connectivity index (χ0) is 11.5. The standard InChI is InChI=1S/C12H13ClN2S/c1-8(12-3-2-6-16-12)15-11-5-4-9(14)7-10(11)13/h2-8,15H,14H2,1H3. The molecule has 0 saturated heterocycles. The molecule has 0 fully saturated rings. The molecule has 2 rings (SSSR count). The number of thiophene rings is 1. The van der Waals surface area contributed by atoms with Gasteiger partial charge in [-0.05, 0) is 36.6 Å². The van der Waals surface area contributed by atoms with Crippen molar-refractivity contribution in [2.75, 3.05) is 11.1 Å². The van der Waals surface area contributed by atoms with Crippen molar-refractivity contribution in [1.29, 1.82) is 0 Å². The van der Waals surface area contributed by atoms with E-state index in [9.17, 15) is 0 Å². The average Bonchev–Trinajstić information content (AvgIpc) is 2.75. The maximum atomic E-state index is 6.10. The molecule has 1 unspecified atom stereocenters. The number of hydrogen-bond donors (Lipinski definition) is 2. The van der Waals surface area contributed by atoms with Gasteiger partial charge in [0.15, 0.2) is 0 Å². The van der Waals surface area contributed by atoms with Gasteiger partial charge in [0.25, 0.3) is 0 Å². The summed E-state index contributed by atoms with van der Waals surface area (Å²) in [5.41, 5.74) is 7.24. The van der Waals surface area contributed by atoms with Crippen LogP contribution in [0.3, 0.4) is 0 Å². The van der Waals surface area contributed by atoms with Crippen molar-refractivity contribution < 1.29 is 0 Å². The van der Waals surface area contributed by atoms with Gasteiger partial charge in [-0.25, -0.2) is 0 Å². The van der Waals surface area contributed by atoms with E-state index in [2.05, 4.69) is 23.7 Å². The van der Waals surface area contributed by atoms with Crippen LogP contribution in [0.25, 0.3) is 0 Å². The molecule has 0 radical (unpaired) electrons. The number of anilines is 2. The third-order valence-electron chi connectivity index (χ3n) is 2.34. The maximum Gasteiger partial charge on any atom is 0.0658 e. The van der Waals surface area contributed by atoms with E-state index in [0.717, 1.165) is 5.69 Å². The Morgan fingerprint density at radius 3 is 2.81 bits per heavy atom. The molecule has 1 atom stereocenters. The Kier molecular flexibility index (Phi) is 3.36. The molecular formula is C12H13ClN2S. The van der Waals surface area contributed by atoms with E-state index in [-0.39, 0.29) is 6.04 Å². The monoisotopic (exact) mass is 252 g/mol. The number of benzene rings is 1. The van der Waals surface area contributed by atoms with Gasteiger partial charge in [0.05, 0.1) is 16.8 Å². The van der Waals surface area contributed by atoms with Crippen molar-refractivity contribution in [3.63, 3.8) is 0 Å². The van der Waals surface area contributed by atoms with E-state index < -0.39 is 0 Å². The molecule has 2 aromatic rings. The summed E-state index contributed by atoms with van der Waals surface area (Å²) in [6.45, 7) is 2.11. The fraction of sp³-hybridized carbons (Fsp3) is 0.167. The van der Waals surface area contributed by atoms with Crippen LogP contribution in [0.4, 0.5) is 11.4 Å². The summed E-state index contributed by atoms with van der Waals surface area (Å²) in [6.07, 6.45) is 0. The Balaban J connectivity index is 2.15. The molecule has 2 nitrogen and oxygen atoms in total. The number of halogens is 1. The first-order valence-corrected chi connectivity index (χ1v) is 6.27. The van der Waals surface area contributed by atoms with Crippen molar-refractivity contribution in [3.8, 4) is 0 Å². The Labute approximate surface area is 104 Å². The molecule has 3 N–H and O–H groups in total. The largest absolute Gasteiger partial charge is 0.399 e. The van der Waals surface area contributed by atoms with Crippen LogP contribution in [0.15, 0.2) is 35.7 Å². The first-order chi connectivity index (χ1) is 7.66. The lowest BCUT2D eigenvalue weighted by Gasteiger charge is -2.15. The van der Waals surface area contributed by atoms with Gasteiger partial charge >= 0.3 is 0 Å². The normalized spacial score (nSPS) is 12.4. The van der Waals surface area contributed by atoms with E-state index in [1.54, 1.807) is 17.4 Å². The summed E-state index contributed by atoms with van der Waals surface area (Å²) >= 11 is 7.82. The van der Waals surface area contributed by atoms with Crippen molar-refractivity contribution in [3.05, 3.63) is 45.6 Å². The highest BCUT2D eigenvalue weighted by Crippen LogP contribution is 2.29. The van der Waals surface area contributed by atoms with Gasteiger partial charge in [0.2, 0.25) is 0 Å². The van der Waals surface area contributed by atoms with Crippen LogP contribution in [-0.2, 0) is 0 Å². The van der Waals surface area contributed by atoms with Crippen molar-refractivity contribution in [2.24, 2.45) is 0 Å². The maximum absolute atomic E-state index is 6.10. The average molecular weight is 253 g/mol. The Morgan fingerprint density at radius 1 is 1.38 bits per heavy atom. The smallest absolute Gasteiger partial charge is 0.0658 e. The minimum absolute atomic E-state index is 0.251. The summed E-state index contributed by atoms with van der Waals surface area (Å²) in [7, 11) is 0. The van der Waals surface area contributed by atoms with Gasteiger partial charge < -0.3 is 11.1 Å². The van der Waals surface area contributed by atoms with Crippen LogP contribution in [0.5, 0.6) is 0 Å². The predicted molar refractivity (Wildman–Crippen MR) is 72.2 cm³/mol. The Bertz CT molecular complexity index is 468. The first kappa shape index (κ1) is 11.3. The van der Waals surface area contributed by atoms with Crippen molar-refractivity contribution in [1.82, 2.24) is 0 Å². The van der Waals surface area contributed by atoms with Crippen molar-refractivity contribution in [2.45, 2.75) is 13.0 Å². The van der Waals surface area contributed by atoms with E-state index in [4.69, 9.17) is 17.3 Å². The third kappa shape index (κ3) is 2.49. The van der Waals surface area contributed by atoms with Gasteiger partial charge in [-0.3, -0.25) is 0 Å². The third-order valence-corrected chi connectivity index (χ3v) is 3.70. The van der Waals surface area contributed by atoms with Gasteiger partial charge in [0.1, 0.15) is 0 Å². The molecule has 0 bridgehead atoms. The summed E-state index contributed by atoms with van der Waals surface area (Å²) < 4.78 is 0. The molecule has 84 valence electrons. The zero-order valence-electron chi connectivity index (χ0n) is 8.91. The Morgan fingerprint density at radius 2 is 2.19 bits per heavy atom. The van der Waals surface area contributed by atoms with Gasteiger partial charge in [-0.2, -0.15) is 0 Å². The lowest BCUT2D eigenvalue weighted by Crippen LogP contribution is -2.05. The van der Waals surface area contributed by atoms with Crippen LogP contribution in [-0.4, -0.2) is 0 Å². The molecule has 4 heteroatoms. The molecule has 0 aliphatic carbocycles. The fourth-order valence-corrected chi connectivity index (χ4v) is 2.47. The van der Waals surface area contributed by atoms with E-state index in [0.29, 0.717) is 10.7 Å². The van der Waals surface area contributed by atoms with Crippen LogP contribution in [0, 0.1) is 0 Å². The second-order valence-corrected chi connectivity index (χ2v) is 5.01. The highest BCUT2D eigenvalue weighted by molar-refractivity contribution is 7.10. The SMILES string of the molecule is CC(Nc1ccc(N)cc1Cl)c1cccs1. The van der Waals surface area contributed by atoms with Crippen LogP contribution < -0.4 is 11.1 Å². The quantitative estimate of drug-likeness (QED) is 0.805. The minimum Gasteiger partial charge on any atom is -0.399 e. The van der Waals surface area contributed by atoms with Crippen LogP contribution >= 0.6 is 22.9 Å². The van der Waals surface area contributed by atoms with Gasteiger partial charge in [-0.1, -0.05) is 17.7 Å². The number of nitrogen functional groups attached to an aromatic ring is 1. The number of nitrogens with one attached hydrogen (secondary N) is 1. The molecule has 0 aliphatic rings. The van der Waals surface area contributed by atoms with E-state index in [1.165, 1.54) is 4.88 Å². The van der Waals surface area contributed by atoms with Crippen molar-refractivity contribution >= 4 is 34.3 Å². The van der Waals surface area contributed by atoms with Gasteiger partial charge in [0, 0.05) is 10.6 Å².